The van der Waals surface area contributed by atoms with Crippen LogP contribution in [0.4, 0.5) is 8.78 Å². The van der Waals surface area contributed by atoms with Crippen molar-refractivity contribution in [2.45, 2.75) is 13.0 Å². The second-order valence-corrected chi connectivity index (χ2v) is 6.05. The van der Waals surface area contributed by atoms with Gasteiger partial charge >= 0.3 is 0 Å². The SMILES string of the molecule is C[C@H](NC(=O)c1cc(F)cnc1Oc1cccc(F)c1)c1ccc(C=O)cc1. The zero-order chi connectivity index (χ0) is 20.1. The topological polar surface area (TPSA) is 68.3 Å². The van der Waals surface area contributed by atoms with Gasteiger partial charge in [-0.2, -0.15) is 0 Å². The summed E-state index contributed by atoms with van der Waals surface area (Å²) in [5, 5.41) is 2.73. The molecule has 1 amide bonds. The lowest BCUT2D eigenvalue weighted by molar-refractivity contribution is 0.0936. The lowest BCUT2D eigenvalue weighted by Gasteiger charge is -2.16. The van der Waals surface area contributed by atoms with E-state index >= 15 is 0 Å². The highest BCUT2D eigenvalue weighted by Crippen LogP contribution is 2.25. The molecular formula is C21H16F2N2O3. The molecule has 3 rings (SSSR count). The predicted molar refractivity (Wildman–Crippen MR) is 98.4 cm³/mol. The molecule has 5 nitrogen and oxygen atoms in total. The van der Waals surface area contributed by atoms with Crippen molar-refractivity contribution in [3.8, 4) is 11.6 Å². The molecule has 2 aromatic carbocycles. The number of halogens is 2. The molecule has 0 radical (unpaired) electrons. The van der Waals surface area contributed by atoms with E-state index in [1.54, 1.807) is 31.2 Å². The summed E-state index contributed by atoms with van der Waals surface area (Å²) in [6.45, 7) is 1.74. The Morgan fingerprint density at radius 3 is 2.54 bits per heavy atom. The summed E-state index contributed by atoms with van der Waals surface area (Å²) in [6.07, 6.45) is 1.63. The van der Waals surface area contributed by atoms with Crippen LogP contribution >= 0.6 is 0 Å². The van der Waals surface area contributed by atoms with E-state index < -0.39 is 23.6 Å². The van der Waals surface area contributed by atoms with Crippen molar-refractivity contribution in [3.63, 3.8) is 0 Å². The molecule has 1 aromatic heterocycles. The first-order valence-corrected chi connectivity index (χ1v) is 8.41. The molecule has 0 aliphatic heterocycles. The van der Waals surface area contributed by atoms with Crippen LogP contribution in [0.25, 0.3) is 0 Å². The molecule has 0 unspecified atom stereocenters. The lowest BCUT2D eigenvalue weighted by atomic mass is 10.1. The van der Waals surface area contributed by atoms with Gasteiger partial charge in [-0.15, -0.1) is 0 Å². The molecule has 0 aliphatic rings. The van der Waals surface area contributed by atoms with Gasteiger partial charge in [0.1, 0.15) is 29.2 Å². The largest absolute Gasteiger partial charge is 0.438 e. The summed E-state index contributed by atoms with van der Waals surface area (Å²) in [4.78, 5) is 27.2. The van der Waals surface area contributed by atoms with Crippen LogP contribution in [0.1, 0.15) is 39.2 Å². The highest BCUT2D eigenvalue weighted by Gasteiger charge is 2.19. The third kappa shape index (κ3) is 4.56. The Hall–Kier alpha value is -3.61. The maximum absolute atomic E-state index is 13.7. The lowest BCUT2D eigenvalue weighted by Crippen LogP contribution is -2.27. The van der Waals surface area contributed by atoms with Crippen LogP contribution < -0.4 is 10.1 Å². The van der Waals surface area contributed by atoms with Crippen molar-refractivity contribution in [3.05, 3.63) is 89.1 Å². The number of rotatable bonds is 6. The van der Waals surface area contributed by atoms with Gasteiger partial charge in [0.05, 0.1) is 12.2 Å². The zero-order valence-electron chi connectivity index (χ0n) is 14.9. The fourth-order valence-corrected chi connectivity index (χ4v) is 2.53. The number of benzene rings is 2. The molecule has 142 valence electrons. The van der Waals surface area contributed by atoms with Crippen LogP contribution in [0.5, 0.6) is 11.6 Å². The Balaban J connectivity index is 1.81. The Kier molecular flexibility index (Phi) is 5.74. The first-order chi connectivity index (χ1) is 13.5. The molecule has 1 heterocycles. The van der Waals surface area contributed by atoms with Gasteiger partial charge in [-0.05, 0) is 30.7 Å². The highest BCUT2D eigenvalue weighted by atomic mass is 19.1. The Labute approximate surface area is 160 Å². The van der Waals surface area contributed by atoms with Crippen LogP contribution in [0.15, 0.2) is 60.8 Å². The van der Waals surface area contributed by atoms with Gasteiger partial charge in [-0.1, -0.05) is 30.3 Å². The molecule has 7 heteroatoms. The van der Waals surface area contributed by atoms with Gasteiger partial charge in [0.2, 0.25) is 5.88 Å². The van der Waals surface area contributed by atoms with E-state index in [1.807, 2.05) is 0 Å². The second kappa shape index (κ2) is 8.39. The van der Waals surface area contributed by atoms with Crippen molar-refractivity contribution < 1.29 is 23.1 Å². The van der Waals surface area contributed by atoms with Gasteiger partial charge in [-0.25, -0.2) is 13.8 Å². The van der Waals surface area contributed by atoms with E-state index in [1.165, 1.54) is 18.2 Å². The van der Waals surface area contributed by atoms with Gasteiger partial charge in [0.15, 0.2) is 0 Å². The molecule has 1 N–H and O–H groups in total. The van der Waals surface area contributed by atoms with Crippen molar-refractivity contribution in [2.24, 2.45) is 0 Å². The number of aldehydes is 1. The van der Waals surface area contributed by atoms with Crippen LogP contribution in [0.3, 0.4) is 0 Å². The maximum Gasteiger partial charge on any atom is 0.257 e. The van der Waals surface area contributed by atoms with Gasteiger partial charge in [-0.3, -0.25) is 9.59 Å². The highest BCUT2D eigenvalue weighted by molar-refractivity contribution is 5.96. The summed E-state index contributed by atoms with van der Waals surface area (Å²) in [6, 6.07) is 12.6. The first-order valence-electron chi connectivity index (χ1n) is 8.41. The van der Waals surface area contributed by atoms with Gasteiger partial charge in [0.25, 0.3) is 5.91 Å². The van der Waals surface area contributed by atoms with Crippen LogP contribution in [0, 0.1) is 11.6 Å². The third-order valence-corrected chi connectivity index (χ3v) is 3.99. The quantitative estimate of drug-likeness (QED) is 0.640. The molecule has 0 aliphatic carbocycles. The molecule has 1 atom stereocenters. The monoisotopic (exact) mass is 382 g/mol. The number of nitrogens with zero attached hydrogens (tertiary/aromatic N) is 1. The number of hydrogen-bond acceptors (Lipinski definition) is 4. The van der Waals surface area contributed by atoms with Crippen LogP contribution in [0.2, 0.25) is 0 Å². The minimum absolute atomic E-state index is 0.124. The summed E-state index contributed by atoms with van der Waals surface area (Å²) in [7, 11) is 0. The van der Waals surface area contributed by atoms with E-state index in [2.05, 4.69) is 10.3 Å². The number of ether oxygens (including phenoxy) is 1. The molecule has 0 bridgehead atoms. The zero-order valence-corrected chi connectivity index (χ0v) is 14.9. The van der Waals surface area contributed by atoms with E-state index in [-0.39, 0.29) is 17.2 Å². The predicted octanol–water partition coefficient (Wildman–Crippen LogP) is 4.46. The fraction of sp³-hybridized carbons (Fsp3) is 0.0952. The standard InChI is InChI=1S/C21H16F2N2O3/c1-13(15-7-5-14(12-26)6-8-15)25-20(27)19-10-17(23)11-24-21(19)28-18-4-2-3-16(22)9-18/h2-13H,1H3,(H,25,27)/t13-/m0/s1. The van der Waals surface area contributed by atoms with Gasteiger partial charge < -0.3 is 10.1 Å². The Morgan fingerprint density at radius 1 is 1.11 bits per heavy atom. The minimum atomic E-state index is -0.709. The van der Waals surface area contributed by atoms with Crippen molar-refractivity contribution in [1.82, 2.24) is 10.3 Å². The van der Waals surface area contributed by atoms with E-state index in [0.29, 0.717) is 5.56 Å². The normalized spacial score (nSPS) is 11.5. The van der Waals surface area contributed by atoms with E-state index in [4.69, 9.17) is 4.74 Å². The average molecular weight is 382 g/mol. The number of pyridine rings is 1. The fourth-order valence-electron chi connectivity index (χ4n) is 2.53. The first kappa shape index (κ1) is 19.2. The summed E-state index contributed by atoms with van der Waals surface area (Å²) < 4.78 is 32.5. The molecule has 0 saturated carbocycles. The molecule has 0 spiro atoms. The van der Waals surface area contributed by atoms with E-state index in [0.717, 1.165) is 30.2 Å². The number of carbonyl (C=O) groups is 2. The van der Waals surface area contributed by atoms with Gasteiger partial charge in [0, 0.05) is 11.6 Å². The average Bonchev–Trinajstić information content (AvgIpc) is 2.69. The summed E-state index contributed by atoms with van der Waals surface area (Å²) >= 11 is 0. The number of hydrogen-bond donors (Lipinski definition) is 1. The molecule has 0 fully saturated rings. The smallest absolute Gasteiger partial charge is 0.257 e. The van der Waals surface area contributed by atoms with Crippen molar-refractivity contribution in [1.29, 1.82) is 0 Å². The Bertz CT molecular complexity index is 1010. The number of aromatic nitrogens is 1. The molecule has 28 heavy (non-hydrogen) atoms. The number of nitrogens with one attached hydrogen (secondary N) is 1. The molecular weight excluding hydrogens is 366 g/mol. The van der Waals surface area contributed by atoms with Crippen LogP contribution in [-0.4, -0.2) is 17.2 Å². The van der Waals surface area contributed by atoms with Crippen LogP contribution in [-0.2, 0) is 0 Å². The maximum atomic E-state index is 13.7. The molecule has 3 aromatic rings. The number of amides is 1. The number of carbonyl (C=O) groups excluding carboxylic acids is 2. The summed E-state index contributed by atoms with van der Waals surface area (Å²) in [5.74, 6) is -1.85. The van der Waals surface area contributed by atoms with Crippen molar-refractivity contribution >= 4 is 12.2 Å². The molecule has 0 saturated heterocycles. The van der Waals surface area contributed by atoms with E-state index in [9.17, 15) is 18.4 Å². The van der Waals surface area contributed by atoms with Crippen molar-refractivity contribution in [2.75, 3.05) is 0 Å². The minimum Gasteiger partial charge on any atom is -0.438 e. The third-order valence-electron chi connectivity index (χ3n) is 3.99. The summed E-state index contributed by atoms with van der Waals surface area (Å²) in [5.41, 5.74) is 1.15. The second-order valence-electron chi connectivity index (χ2n) is 6.05. The Morgan fingerprint density at radius 2 is 1.86 bits per heavy atom.